The Morgan fingerprint density at radius 1 is 1.15 bits per heavy atom. The summed E-state index contributed by atoms with van der Waals surface area (Å²) in [5, 5.41) is 0.793. The lowest BCUT2D eigenvalue weighted by atomic mass is 9.94. The molecule has 0 radical (unpaired) electrons. The molecule has 0 saturated carbocycles. The molecule has 0 amide bonds. The second-order valence-corrected chi connectivity index (χ2v) is 12.8. The molecular formula is C27H33N5O5S2. The predicted octanol–water partition coefficient (Wildman–Crippen LogP) is 4.17. The molecule has 2 aliphatic heterocycles. The van der Waals surface area contributed by atoms with Crippen LogP contribution < -0.4 is 4.90 Å². The zero-order chi connectivity index (χ0) is 27.0. The van der Waals surface area contributed by atoms with E-state index in [1.54, 1.807) is 24.6 Å². The Labute approximate surface area is 231 Å². The number of thiophene rings is 1. The molecule has 0 atom stereocenters. The van der Waals surface area contributed by atoms with E-state index in [0.29, 0.717) is 30.1 Å². The van der Waals surface area contributed by atoms with Crippen molar-refractivity contribution < 1.29 is 22.4 Å². The minimum atomic E-state index is -4.41. The standard InChI is InChI=1S/C27H33N5O5S2/c1-36-11-5-18-3-7-31(8-4-18)17-19-14-24-25(38-19)27(32-9-12-37-13-10-32)30-26(29-24)22-15-20(39(33,34)35)16-23-21(22)2-6-28-23/h2,6,14-16,18,28H,3-5,7-13,17H2,1H3,(H,33,34,35). The maximum Gasteiger partial charge on any atom is 0.294 e. The van der Waals surface area contributed by atoms with Crippen LogP contribution in [0.15, 0.2) is 35.4 Å². The molecule has 208 valence electrons. The molecule has 0 spiro atoms. The summed E-state index contributed by atoms with van der Waals surface area (Å²) >= 11 is 1.73. The molecule has 0 unspecified atom stereocenters. The van der Waals surface area contributed by atoms with E-state index in [4.69, 9.17) is 19.4 Å². The molecule has 3 aromatic heterocycles. The summed E-state index contributed by atoms with van der Waals surface area (Å²) in [6.45, 7) is 6.53. The third-order valence-corrected chi connectivity index (χ3v) is 9.65. The number of H-pyrrole nitrogens is 1. The van der Waals surface area contributed by atoms with Gasteiger partial charge < -0.3 is 19.4 Å². The van der Waals surface area contributed by atoms with Crippen molar-refractivity contribution in [3.05, 3.63) is 35.3 Å². The van der Waals surface area contributed by atoms with Crippen LogP contribution in [0.25, 0.3) is 32.5 Å². The molecule has 5 heterocycles. The van der Waals surface area contributed by atoms with E-state index in [1.165, 1.54) is 29.9 Å². The fraction of sp³-hybridized carbons (Fsp3) is 0.481. The predicted molar refractivity (Wildman–Crippen MR) is 152 cm³/mol. The molecule has 2 fully saturated rings. The van der Waals surface area contributed by atoms with Crippen molar-refractivity contribution in [2.75, 3.05) is 58.0 Å². The average molecular weight is 572 g/mol. The van der Waals surface area contributed by atoms with Gasteiger partial charge in [0.1, 0.15) is 0 Å². The number of hydrogen-bond acceptors (Lipinski definition) is 9. The van der Waals surface area contributed by atoms with E-state index in [2.05, 4.69) is 20.9 Å². The quantitative estimate of drug-likeness (QED) is 0.300. The maximum absolute atomic E-state index is 12.0. The lowest BCUT2D eigenvalue weighted by Crippen LogP contribution is -2.36. The molecule has 12 heteroatoms. The third-order valence-electron chi connectivity index (χ3n) is 7.71. The van der Waals surface area contributed by atoms with Crippen LogP contribution in [-0.4, -0.2) is 85.9 Å². The van der Waals surface area contributed by atoms with Crippen LogP contribution in [0.3, 0.4) is 0 Å². The Morgan fingerprint density at radius 3 is 2.69 bits per heavy atom. The van der Waals surface area contributed by atoms with E-state index in [-0.39, 0.29) is 4.90 Å². The van der Waals surface area contributed by atoms with Crippen LogP contribution in [0.2, 0.25) is 0 Å². The number of likely N-dealkylation sites (tertiary alicyclic amines) is 1. The SMILES string of the molecule is COCCC1CCN(Cc2cc3nc(-c4cc(S(=O)(=O)O)cc5[nH]ccc45)nc(N4CCOCC4)c3s2)CC1. The van der Waals surface area contributed by atoms with Crippen LogP contribution in [0.1, 0.15) is 24.1 Å². The van der Waals surface area contributed by atoms with Crippen LogP contribution in [0, 0.1) is 5.92 Å². The zero-order valence-electron chi connectivity index (χ0n) is 21.9. The molecule has 2 saturated heterocycles. The number of ether oxygens (including phenoxy) is 2. The highest BCUT2D eigenvalue weighted by Crippen LogP contribution is 2.37. The summed E-state index contributed by atoms with van der Waals surface area (Å²) in [5.74, 6) is 2.00. The van der Waals surface area contributed by atoms with E-state index < -0.39 is 10.1 Å². The first-order chi connectivity index (χ1) is 18.9. The van der Waals surface area contributed by atoms with Crippen LogP contribution >= 0.6 is 11.3 Å². The first-order valence-corrected chi connectivity index (χ1v) is 15.6. The Hall–Kier alpha value is -2.61. The number of rotatable bonds is 8. The zero-order valence-corrected chi connectivity index (χ0v) is 23.6. The Kier molecular flexibility index (Phi) is 7.58. The number of aromatic nitrogens is 3. The number of fused-ring (bicyclic) bond motifs is 2. The number of aromatic amines is 1. The van der Waals surface area contributed by atoms with Crippen molar-refractivity contribution in [2.45, 2.75) is 30.7 Å². The van der Waals surface area contributed by atoms with E-state index in [1.807, 2.05) is 6.07 Å². The lowest BCUT2D eigenvalue weighted by Gasteiger charge is -2.31. The first kappa shape index (κ1) is 26.6. The average Bonchev–Trinajstić information content (AvgIpc) is 3.58. The van der Waals surface area contributed by atoms with Gasteiger partial charge in [0, 0.05) is 60.9 Å². The minimum Gasteiger partial charge on any atom is -0.385 e. The molecule has 6 rings (SSSR count). The molecule has 10 nitrogen and oxygen atoms in total. The molecule has 4 aromatic rings. The number of morpholine rings is 1. The lowest BCUT2D eigenvalue weighted by molar-refractivity contribution is 0.122. The van der Waals surface area contributed by atoms with Crippen molar-refractivity contribution in [1.29, 1.82) is 0 Å². The van der Waals surface area contributed by atoms with Gasteiger partial charge in [0.15, 0.2) is 11.6 Å². The van der Waals surface area contributed by atoms with E-state index in [0.717, 1.165) is 73.1 Å². The number of piperidine rings is 1. The number of hydrogen-bond donors (Lipinski definition) is 2. The Bertz CT molecular complexity index is 1570. The van der Waals surface area contributed by atoms with Crippen LogP contribution in [-0.2, 0) is 26.1 Å². The summed E-state index contributed by atoms with van der Waals surface area (Å²) in [6, 6.07) is 6.90. The monoisotopic (exact) mass is 571 g/mol. The molecule has 1 aromatic carbocycles. The Morgan fingerprint density at radius 2 is 1.95 bits per heavy atom. The van der Waals surface area contributed by atoms with Gasteiger partial charge in [-0.2, -0.15) is 8.42 Å². The van der Waals surface area contributed by atoms with Gasteiger partial charge in [-0.25, -0.2) is 9.97 Å². The third kappa shape index (κ3) is 5.67. The van der Waals surface area contributed by atoms with Crippen molar-refractivity contribution in [1.82, 2.24) is 19.9 Å². The minimum absolute atomic E-state index is 0.191. The van der Waals surface area contributed by atoms with Gasteiger partial charge in [-0.15, -0.1) is 11.3 Å². The largest absolute Gasteiger partial charge is 0.385 e. The van der Waals surface area contributed by atoms with Crippen LogP contribution in [0.4, 0.5) is 5.82 Å². The number of nitrogens with zero attached hydrogens (tertiary/aromatic N) is 4. The number of benzene rings is 1. The second-order valence-electron chi connectivity index (χ2n) is 10.3. The summed E-state index contributed by atoms with van der Waals surface area (Å²) in [5.41, 5.74) is 2.00. The van der Waals surface area contributed by atoms with Crippen molar-refractivity contribution in [3.8, 4) is 11.4 Å². The fourth-order valence-electron chi connectivity index (χ4n) is 5.56. The molecular weight excluding hydrogens is 538 g/mol. The van der Waals surface area contributed by atoms with Gasteiger partial charge in [-0.1, -0.05) is 0 Å². The van der Waals surface area contributed by atoms with Gasteiger partial charge >= 0.3 is 0 Å². The van der Waals surface area contributed by atoms with Gasteiger partial charge in [-0.3, -0.25) is 9.45 Å². The van der Waals surface area contributed by atoms with Gasteiger partial charge in [-0.05, 0) is 62.5 Å². The summed E-state index contributed by atoms with van der Waals surface area (Å²) in [7, 11) is -2.64. The number of anilines is 1. The highest BCUT2D eigenvalue weighted by Gasteiger charge is 2.24. The van der Waals surface area contributed by atoms with Gasteiger partial charge in [0.25, 0.3) is 10.1 Å². The summed E-state index contributed by atoms with van der Waals surface area (Å²) in [4.78, 5) is 18.8. The van der Waals surface area contributed by atoms with Crippen molar-refractivity contribution in [3.63, 3.8) is 0 Å². The smallest absolute Gasteiger partial charge is 0.294 e. The second kappa shape index (κ2) is 11.1. The summed E-state index contributed by atoms with van der Waals surface area (Å²) < 4.78 is 45.8. The Balaban J connectivity index is 1.38. The van der Waals surface area contributed by atoms with Crippen molar-refractivity contribution >= 4 is 48.4 Å². The van der Waals surface area contributed by atoms with Crippen LogP contribution in [0.5, 0.6) is 0 Å². The van der Waals surface area contributed by atoms with E-state index in [9.17, 15) is 13.0 Å². The van der Waals surface area contributed by atoms with Gasteiger partial charge in [0.2, 0.25) is 0 Å². The first-order valence-electron chi connectivity index (χ1n) is 13.3. The molecule has 0 bridgehead atoms. The van der Waals surface area contributed by atoms with E-state index >= 15 is 0 Å². The number of methoxy groups -OCH3 is 1. The highest BCUT2D eigenvalue weighted by molar-refractivity contribution is 7.85. The highest BCUT2D eigenvalue weighted by atomic mass is 32.2. The van der Waals surface area contributed by atoms with Crippen molar-refractivity contribution in [2.24, 2.45) is 5.92 Å². The van der Waals surface area contributed by atoms with Gasteiger partial charge in [0.05, 0.1) is 28.3 Å². The fourth-order valence-corrected chi connectivity index (χ4v) is 7.25. The molecule has 2 N–H and O–H groups in total. The molecule has 2 aliphatic rings. The maximum atomic E-state index is 12.0. The normalized spacial score (nSPS) is 17.9. The number of nitrogens with one attached hydrogen (secondary N) is 1. The topological polar surface area (TPSA) is 121 Å². The summed E-state index contributed by atoms with van der Waals surface area (Å²) in [6.07, 6.45) is 5.24. The molecule has 39 heavy (non-hydrogen) atoms. The molecule has 0 aliphatic carbocycles.